The summed E-state index contributed by atoms with van der Waals surface area (Å²) in [5.41, 5.74) is 3.52. The zero-order chi connectivity index (χ0) is 13.7. The van der Waals surface area contributed by atoms with Crippen LogP contribution in [0.5, 0.6) is 5.75 Å². The zero-order valence-electron chi connectivity index (χ0n) is 11.5. The van der Waals surface area contributed by atoms with Gasteiger partial charge in [-0.25, -0.2) is 0 Å². The smallest absolute Gasteiger partial charge is 0.122 e. The Kier molecular flexibility index (Phi) is 4.58. The Hall–Kier alpha value is -1.80. The fourth-order valence-corrected chi connectivity index (χ4v) is 2.19. The Morgan fingerprint density at radius 3 is 2.42 bits per heavy atom. The molecule has 2 heteroatoms. The van der Waals surface area contributed by atoms with Crippen LogP contribution < -0.4 is 4.74 Å². The molecule has 100 valence electrons. The van der Waals surface area contributed by atoms with Crippen LogP contribution in [0.4, 0.5) is 0 Å². The van der Waals surface area contributed by atoms with Gasteiger partial charge in [0, 0.05) is 6.61 Å². The number of aliphatic hydroxyl groups is 1. The van der Waals surface area contributed by atoms with E-state index in [1.165, 1.54) is 11.1 Å². The van der Waals surface area contributed by atoms with Crippen molar-refractivity contribution < 1.29 is 9.84 Å². The fraction of sp³-hybridized carbons (Fsp3) is 0.294. The van der Waals surface area contributed by atoms with Crippen LogP contribution in [-0.2, 0) is 6.42 Å². The summed E-state index contributed by atoms with van der Waals surface area (Å²) in [4.78, 5) is 0. The van der Waals surface area contributed by atoms with E-state index in [2.05, 4.69) is 24.3 Å². The number of rotatable bonds is 5. The van der Waals surface area contributed by atoms with E-state index < -0.39 is 0 Å². The van der Waals surface area contributed by atoms with E-state index in [1.807, 2.05) is 31.2 Å². The SMILES string of the molecule is COc1ccc(-c2ccccc2)cc1CC(C)CO. The molecular weight excluding hydrogens is 236 g/mol. The van der Waals surface area contributed by atoms with Gasteiger partial charge in [-0.2, -0.15) is 0 Å². The molecule has 0 aliphatic heterocycles. The number of methoxy groups -OCH3 is 1. The Labute approximate surface area is 114 Å². The molecule has 2 aromatic carbocycles. The van der Waals surface area contributed by atoms with Gasteiger partial charge in [0.05, 0.1) is 7.11 Å². The second-order valence-electron chi connectivity index (χ2n) is 4.88. The highest BCUT2D eigenvalue weighted by Crippen LogP contribution is 2.28. The minimum atomic E-state index is 0.193. The van der Waals surface area contributed by atoms with Gasteiger partial charge in [0.1, 0.15) is 5.75 Å². The van der Waals surface area contributed by atoms with Gasteiger partial charge in [0.2, 0.25) is 0 Å². The fourth-order valence-electron chi connectivity index (χ4n) is 2.19. The van der Waals surface area contributed by atoms with Gasteiger partial charge in [0.25, 0.3) is 0 Å². The first-order valence-electron chi connectivity index (χ1n) is 6.57. The third kappa shape index (κ3) is 3.36. The largest absolute Gasteiger partial charge is 0.496 e. The van der Waals surface area contributed by atoms with Gasteiger partial charge in [-0.3, -0.25) is 0 Å². The summed E-state index contributed by atoms with van der Waals surface area (Å²) >= 11 is 0. The average molecular weight is 256 g/mol. The first-order valence-corrected chi connectivity index (χ1v) is 6.57. The molecule has 0 bridgehead atoms. The van der Waals surface area contributed by atoms with Crippen LogP contribution in [0.25, 0.3) is 11.1 Å². The Morgan fingerprint density at radius 2 is 1.79 bits per heavy atom. The van der Waals surface area contributed by atoms with Crippen molar-refractivity contribution in [2.45, 2.75) is 13.3 Å². The van der Waals surface area contributed by atoms with Crippen LogP contribution in [-0.4, -0.2) is 18.8 Å². The van der Waals surface area contributed by atoms with Gasteiger partial charge in [-0.15, -0.1) is 0 Å². The zero-order valence-corrected chi connectivity index (χ0v) is 11.5. The quantitative estimate of drug-likeness (QED) is 0.886. The molecular formula is C17H20O2. The molecule has 0 aliphatic rings. The van der Waals surface area contributed by atoms with Gasteiger partial charge >= 0.3 is 0 Å². The molecule has 0 amide bonds. The summed E-state index contributed by atoms with van der Waals surface area (Å²) in [6.45, 7) is 2.23. The number of aliphatic hydroxyl groups excluding tert-OH is 1. The number of hydrogen-bond acceptors (Lipinski definition) is 2. The van der Waals surface area contributed by atoms with Crippen molar-refractivity contribution in [3.05, 3.63) is 54.1 Å². The second kappa shape index (κ2) is 6.39. The maximum absolute atomic E-state index is 9.21. The van der Waals surface area contributed by atoms with Gasteiger partial charge in [-0.05, 0) is 41.2 Å². The lowest BCUT2D eigenvalue weighted by atomic mass is 9.96. The molecule has 1 unspecified atom stereocenters. The molecule has 2 rings (SSSR count). The van der Waals surface area contributed by atoms with Crippen LogP contribution in [0, 0.1) is 5.92 Å². The van der Waals surface area contributed by atoms with E-state index in [4.69, 9.17) is 4.74 Å². The lowest BCUT2D eigenvalue weighted by Gasteiger charge is -2.14. The lowest BCUT2D eigenvalue weighted by Crippen LogP contribution is -2.06. The first-order chi connectivity index (χ1) is 9.24. The number of ether oxygens (including phenoxy) is 1. The van der Waals surface area contributed by atoms with Crippen LogP contribution in [0.15, 0.2) is 48.5 Å². The van der Waals surface area contributed by atoms with E-state index in [-0.39, 0.29) is 12.5 Å². The van der Waals surface area contributed by atoms with Crippen molar-refractivity contribution in [2.75, 3.05) is 13.7 Å². The molecule has 2 aromatic rings. The number of benzene rings is 2. The van der Waals surface area contributed by atoms with E-state index >= 15 is 0 Å². The third-order valence-corrected chi connectivity index (χ3v) is 3.27. The van der Waals surface area contributed by atoms with Crippen molar-refractivity contribution >= 4 is 0 Å². The summed E-state index contributed by atoms with van der Waals surface area (Å²) in [6, 6.07) is 16.5. The first kappa shape index (κ1) is 13.6. The van der Waals surface area contributed by atoms with Gasteiger partial charge in [-0.1, -0.05) is 43.3 Å². The molecule has 0 heterocycles. The minimum absolute atomic E-state index is 0.193. The monoisotopic (exact) mass is 256 g/mol. The normalized spacial score (nSPS) is 12.2. The Balaban J connectivity index is 2.35. The van der Waals surface area contributed by atoms with Crippen LogP contribution >= 0.6 is 0 Å². The Bertz CT molecular complexity index is 520. The maximum atomic E-state index is 9.21. The molecule has 0 spiro atoms. The summed E-state index contributed by atoms with van der Waals surface area (Å²) in [5.74, 6) is 1.12. The molecule has 0 radical (unpaired) electrons. The molecule has 0 fully saturated rings. The number of hydrogen-bond donors (Lipinski definition) is 1. The van der Waals surface area contributed by atoms with E-state index in [9.17, 15) is 5.11 Å². The standard InChI is InChI=1S/C17H20O2/c1-13(12-18)10-16-11-15(8-9-17(16)19-2)14-6-4-3-5-7-14/h3-9,11,13,18H,10,12H2,1-2H3. The maximum Gasteiger partial charge on any atom is 0.122 e. The average Bonchev–Trinajstić information content (AvgIpc) is 2.48. The van der Waals surface area contributed by atoms with Crippen molar-refractivity contribution in [1.29, 1.82) is 0 Å². The molecule has 0 aromatic heterocycles. The predicted molar refractivity (Wildman–Crippen MR) is 78.4 cm³/mol. The van der Waals surface area contributed by atoms with Crippen LogP contribution in [0.1, 0.15) is 12.5 Å². The molecule has 0 aliphatic carbocycles. The lowest BCUT2D eigenvalue weighted by molar-refractivity contribution is 0.236. The molecule has 1 atom stereocenters. The summed E-state index contributed by atoms with van der Waals surface area (Å²) < 4.78 is 5.40. The van der Waals surface area contributed by atoms with Crippen molar-refractivity contribution in [2.24, 2.45) is 5.92 Å². The highest BCUT2D eigenvalue weighted by Gasteiger charge is 2.09. The summed E-state index contributed by atoms with van der Waals surface area (Å²) in [6.07, 6.45) is 0.820. The topological polar surface area (TPSA) is 29.5 Å². The highest BCUT2D eigenvalue weighted by molar-refractivity contribution is 5.65. The third-order valence-electron chi connectivity index (χ3n) is 3.27. The van der Waals surface area contributed by atoms with Gasteiger partial charge in [0.15, 0.2) is 0 Å². The molecule has 0 saturated heterocycles. The van der Waals surface area contributed by atoms with Crippen molar-refractivity contribution in [3.8, 4) is 16.9 Å². The minimum Gasteiger partial charge on any atom is -0.496 e. The van der Waals surface area contributed by atoms with Gasteiger partial charge < -0.3 is 9.84 Å². The van der Waals surface area contributed by atoms with Crippen molar-refractivity contribution in [1.82, 2.24) is 0 Å². The van der Waals surface area contributed by atoms with E-state index in [1.54, 1.807) is 7.11 Å². The predicted octanol–water partition coefficient (Wildman–Crippen LogP) is 3.53. The molecule has 1 N–H and O–H groups in total. The van der Waals surface area contributed by atoms with Crippen LogP contribution in [0.2, 0.25) is 0 Å². The van der Waals surface area contributed by atoms with E-state index in [0.717, 1.165) is 17.7 Å². The second-order valence-corrected chi connectivity index (χ2v) is 4.88. The summed E-state index contributed by atoms with van der Waals surface area (Å²) in [7, 11) is 1.69. The molecule has 19 heavy (non-hydrogen) atoms. The molecule has 2 nitrogen and oxygen atoms in total. The van der Waals surface area contributed by atoms with Crippen molar-refractivity contribution in [3.63, 3.8) is 0 Å². The summed E-state index contributed by atoms with van der Waals surface area (Å²) in [5, 5.41) is 9.21. The van der Waals surface area contributed by atoms with Crippen LogP contribution in [0.3, 0.4) is 0 Å². The highest BCUT2D eigenvalue weighted by atomic mass is 16.5. The van der Waals surface area contributed by atoms with E-state index in [0.29, 0.717) is 0 Å². The Morgan fingerprint density at radius 1 is 1.05 bits per heavy atom. The molecule has 0 saturated carbocycles.